The number of nitrogens with one attached hydrogen (secondary N) is 1. The predicted molar refractivity (Wildman–Crippen MR) is 117 cm³/mol. The van der Waals surface area contributed by atoms with Gasteiger partial charge in [-0.3, -0.25) is 4.79 Å². The van der Waals surface area contributed by atoms with Crippen LogP contribution in [0.5, 0.6) is 0 Å². The summed E-state index contributed by atoms with van der Waals surface area (Å²) >= 11 is 0. The number of likely N-dealkylation sites (tertiary alicyclic amines) is 1. The number of rotatable bonds is 7. The molecule has 3 unspecified atom stereocenters. The van der Waals surface area contributed by atoms with E-state index in [0.29, 0.717) is 31.2 Å². The van der Waals surface area contributed by atoms with Gasteiger partial charge in [-0.15, -0.1) is 0 Å². The number of morpholine rings is 1. The Kier molecular flexibility index (Phi) is 7.90. The van der Waals surface area contributed by atoms with Crippen molar-refractivity contribution in [1.29, 1.82) is 0 Å². The number of carbonyl (C=O) groups is 1. The zero-order valence-electron chi connectivity index (χ0n) is 18.3. The Morgan fingerprint density at radius 2 is 1.90 bits per heavy atom. The molecule has 0 bridgehead atoms. The molecule has 0 saturated carbocycles. The Morgan fingerprint density at radius 3 is 2.60 bits per heavy atom. The Labute approximate surface area is 180 Å². The summed E-state index contributed by atoms with van der Waals surface area (Å²) in [6, 6.07) is 6.93. The zero-order chi connectivity index (χ0) is 21.7. The molecule has 1 aromatic carbocycles. The van der Waals surface area contributed by atoms with Crippen LogP contribution >= 0.6 is 0 Å². The molecule has 3 atom stereocenters. The van der Waals surface area contributed by atoms with E-state index in [2.05, 4.69) is 17.1 Å². The molecule has 1 amide bonds. The lowest BCUT2D eigenvalue weighted by Gasteiger charge is -2.34. The summed E-state index contributed by atoms with van der Waals surface area (Å²) in [5, 5.41) is 2.93. The summed E-state index contributed by atoms with van der Waals surface area (Å²) in [7, 11) is -3.66. The second-order valence-corrected chi connectivity index (χ2v) is 10.5. The second-order valence-electron chi connectivity index (χ2n) is 8.60. The number of ether oxygens (including phenoxy) is 1. The van der Waals surface area contributed by atoms with E-state index in [0.717, 1.165) is 19.5 Å². The van der Waals surface area contributed by atoms with E-state index < -0.39 is 10.0 Å². The molecule has 0 aromatic heterocycles. The van der Waals surface area contributed by atoms with Gasteiger partial charge in [0.15, 0.2) is 0 Å². The van der Waals surface area contributed by atoms with Crippen molar-refractivity contribution in [1.82, 2.24) is 14.5 Å². The van der Waals surface area contributed by atoms with Gasteiger partial charge in [-0.25, -0.2) is 8.42 Å². The fourth-order valence-corrected chi connectivity index (χ4v) is 5.99. The minimum Gasteiger partial charge on any atom is -0.373 e. The third kappa shape index (κ3) is 5.81. The van der Waals surface area contributed by atoms with Crippen LogP contribution in [0.25, 0.3) is 0 Å². The normalized spacial score (nSPS) is 26.4. The molecule has 2 fully saturated rings. The summed E-state index contributed by atoms with van der Waals surface area (Å²) in [4.78, 5) is 15.2. The van der Waals surface area contributed by atoms with Gasteiger partial charge in [-0.1, -0.05) is 12.5 Å². The van der Waals surface area contributed by atoms with Crippen LogP contribution in [0.4, 0.5) is 0 Å². The van der Waals surface area contributed by atoms with E-state index in [1.165, 1.54) is 29.6 Å². The summed E-state index contributed by atoms with van der Waals surface area (Å²) in [6.45, 7) is 9.32. The van der Waals surface area contributed by atoms with Gasteiger partial charge in [0.1, 0.15) is 0 Å². The van der Waals surface area contributed by atoms with Crippen molar-refractivity contribution in [2.24, 2.45) is 0 Å². The molecule has 168 valence electrons. The minimum absolute atomic E-state index is 0.151. The molecule has 2 aliphatic rings. The smallest absolute Gasteiger partial charge is 0.251 e. The van der Waals surface area contributed by atoms with Gasteiger partial charge < -0.3 is 15.0 Å². The van der Waals surface area contributed by atoms with Gasteiger partial charge in [0.2, 0.25) is 10.0 Å². The van der Waals surface area contributed by atoms with Crippen LogP contribution in [-0.4, -0.2) is 74.5 Å². The molecule has 3 rings (SSSR count). The topological polar surface area (TPSA) is 79.0 Å². The highest BCUT2D eigenvalue weighted by Crippen LogP contribution is 2.22. The number of sulfonamides is 1. The maximum Gasteiger partial charge on any atom is 0.251 e. The number of hydrogen-bond acceptors (Lipinski definition) is 5. The second kappa shape index (κ2) is 10.2. The van der Waals surface area contributed by atoms with Gasteiger partial charge in [-0.05, 0) is 64.8 Å². The van der Waals surface area contributed by atoms with Crippen LogP contribution in [0.15, 0.2) is 29.2 Å². The van der Waals surface area contributed by atoms with E-state index in [1.54, 1.807) is 18.2 Å². The molecule has 1 aromatic rings. The average molecular weight is 438 g/mol. The first-order chi connectivity index (χ1) is 14.3. The standard InChI is InChI=1S/C22H35N3O4S/c1-17-8-4-5-12-24(17)13-7-11-23-22(26)20-9-6-10-21(14-20)30(27,28)25-15-18(2)29-19(3)16-25/h6,9-10,14,17-19H,4-5,7-8,11-13,15-16H2,1-3H3,(H,23,26). The third-order valence-electron chi connectivity index (χ3n) is 5.97. The molecular formula is C22H35N3O4S. The van der Waals surface area contributed by atoms with E-state index in [9.17, 15) is 13.2 Å². The van der Waals surface area contributed by atoms with Gasteiger partial charge in [-0.2, -0.15) is 4.31 Å². The molecule has 2 aliphatic heterocycles. The third-order valence-corrected chi connectivity index (χ3v) is 7.80. The van der Waals surface area contributed by atoms with E-state index in [1.807, 2.05) is 13.8 Å². The molecular weight excluding hydrogens is 402 g/mol. The predicted octanol–water partition coefficient (Wildman–Crippen LogP) is 2.48. The Bertz CT molecular complexity index is 819. The van der Waals surface area contributed by atoms with Crippen molar-refractivity contribution in [2.45, 2.75) is 69.6 Å². The van der Waals surface area contributed by atoms with Crippen LogP contribution in [0.3, 0.4) is 0 Å². The first-order valence-electron chi connectivity index (χ1n) is 11.1. The average Bonchev–Trinajstić information content (AvgIpc) is 2.71. The minimum atomic E-state index is -3.66. The zero-order valence-corrected chi connectivity index (χ0v) is 19.2. The Morgan fingerprint density at radius 1 is 1.17 bits per heavy atom. The highest BCUT2D eigenvalue weighted by atomic mass is 32.2. The van der Waals surface area contributed by atoms with Gasteiger partial charge >= 0.3 is 0 Å². The van der Waals surface area contributed by atoms with Crippen molar-refractivity contribution < 1.29 is 17.9 Å². The molecule has 8 heteroatoms. The number of carbonyl (C=O) groups excluding carboxylic acids is 1. The fourth-order valence-electron chi connectivity index (χ4n) is 4.35. The molecule has 0 aliphatic carbocycles. The first-order valence-corrected chi connectivity index (χ1v) is 12.5. The lowest BCUT2D eigenvalue weighted by molar-refractivity contribution is -0.0440. The summed E-state index contributed by atoms with van der Waals surface area (Å²) in [5.41, 5.74) is 0.372. The monoisotopic (exact) mass is 437 g/mol. The molecule has 2 heterocycles. The molecule has 0 spiro atoms. The van der Waals surface area contributed by atoms with Crippen molar-refractivity contribution in [3.63, 3.8) is 0 Å². The van der Waals surface area contributed by atoms with Gasteiger partial charge in [0.25, 0.3) is 5.91 Å². The molecule has 0 radical (unpaired) electrons. The summed E-state index contributed by atoms with van der Waals surface area (Å²) in [5.74, 6) is -0.234. The quantitative estimate of drug-likeness (QED) is 0.663. The summed E-state index contributed by atoms with van der Waals surface area (Å²) < 4.78 is 33.2. The van der Waals surface area contributed by atoms with E-state index >= 15 is 0 Å². The molecule has 2 saturated heterocycles. The first kappa shape index (κ1) is 23.2. The van der Waals surface area contributed by atoms with Crippen LogP contribution in [-0.2, 0) is 14.8 Å². The van der Waals surface area contributed by atoms with Crippen molar-refractivity contribution >= 4 is 15.9 Å². The number of amides is 1. The number of benzene rings is 1. The van der Waals surface area contributed by atoms with Gasteiger partial charge in [0.05, 0.1) is 17.1 Å². The van der Waals surface area contributed by atoms with Crippen molar-refractivity contribution in [3.05, 3.63) is 29.8 Å². The van der Waals surface area contributed by atoms with Crippen molar-refractivity contribution in [2.75, 3.05) is 32.7 Å². The van der Waals surface area contributed by atoms with Gasteiger partial charge in [0, 0.05) is 37.8 Å². The molecule has 30 heavy (non-hydrogen) atoms. The van der Waals surface area contributed by atoms with Crippen LogP contribution < -0.4 is 5.32 Å². The van der Waals surface area contributed by atoms with E-state index in [4.69, 9.17) is 4.74 Å². The Balaban J connectivity index is 1.57. The number of hydrogen-bond donors (Lipinski definition) is 1. The van der Waals surface area contributed by atoms with Crippen LogP contribution in [0, 0.1) is 0 Å². The Hall–Kier alpha value is -1.48. The maximum absolute atomic E-state index is 13.1. The lowest BCUT2D eigenvalue weighted by atomic mass is 10.0. The van der Waals surface area contributed by atoms with Crippen molar-refractivity contribution in [3.8, 4) is 0 Å². The highest BCUT2D eigenvalue weighted by Gasteiger charge is 2.32. The van der Waals surface area contributed by atoms with E-state index in [-0.39, 0.29) is 23.0 Å². The fraction of sp³-hybridized carbons (Fsp3) is 0.682. The number of nitrogens with zero attached hydrogens (tertiary/aromatic N) is 2. The number of piperidine rings is 1. The van der Waals surface area contributed by atoms with Crippen LogP contribution in [0.2, 0.25) is 0 Å². The largest absolute Gasteiger partial charge is 0.373 e. The molecule has 1 N–H and O–H groups in total. The molecule has 7 nitrogen and oxygen atoms in total. The SMILES string of the molecule is CC1CN(S(=O)(=O)c2cccc(C(=O)NCCCN3CCCCC3C)c2)CC(C)O1. The maximum atomic E-state index is 13.1. The highest BCUT2D eigenvalue weighted by molar-refractivity contribution is 7.89. The summed E-state index contributed by atoms with van der Waals surface area (Å²) in [6.07, 6.45) is 4.37. The lowest BCUT2D eigenvalue weighted by Crippen LogP contribution is -2.48. The van der Waals surface area contributed by atoms with Crippen LogP contribution in [0.1, 0.15) is 56.8 Å².